The zero-order valence-corrected chi connectivity index (χ0v) is 12.8. The summed E-state index contributed by atoms with van der Waals surface area (Å²) in [4.78, 5) is 25.4. The maximum absolute atomic E-state index is 12.3. The number of aryl methyl sites for hydroxylation is 1. The second-order valence-corrected chi connectivity index (χ2v) is 5.71. The predicted molar refractivity (Wildman–Crippen MR) is 85.5 cm³/mol. The first-order valence-electron chi connectivity index (χ1n) is 6.79. The fourth-order valence-electron chi connectivity index (χ4n) is 1.98. The highest BCUT2D eigenvalue weighted by atomic mass is 32.1. The number of hydrogen-bond donors (Lipinski definition) is 1. The minimum Gasteiger partial charge on any atom is -0.347 e. The van der Waals surface area contributed by atoms with E-state index in [4.69, 9.17) is 0 Å². The summed E-state index contributed by atoms with van der Waals surface area (Å²) < 4.78 is 0. The van der Waals surface area contributed by atoms with Crippen molar-refractivity contribution in [2.75, 3.05) is 0 Å². The Kier molecular flexibility index (Phi) is 4.20. The standard InChI is InChI=1S/C16H14N4OS/c1-11-14(15(21)19-9-12-4-7-17-8-5-12)22-16(20-11)13-3-2-6-18-10-13/h2-8,10H,9H2,1H3,(H,19,21). The monoisotopic (exact) mass is 310 g/mol. The summed E-state index contributed by atoms with van der Waals surface area (Å²) in [6, 6.07) is 7.54. The van der Waals surface area contributed by atoms with Crippen LogP contribution in [-0.4, -0.2) is 20.9 Å². The van der Waals surface area contributed by atoms with Crippen LogP contribution in [0.5, 0.6) is 0 Å². The Balaban J connectivity index is 1.74. The molecule has 110 valence electrons. The summed E-state index contributed by atoms with van der Waals surface area (Å²) >= 11 is 1.38. The highest BCUT2D eigenvalue weighted by molar-refractivity contribution is 7.17. The van der Waals surface area contributed by atoms with Gasteiger partial charge in [0.2, 0.25) is 0 Å². The molecule has 0 aliphatic rings. The number of aromatic nitrogens is 3. The molecule has 3 heterocycles. The number of amides is 1. The van der Waals surface area contributed by atoms with Crippen LogP contribution in [0.4, 0.5) is 0 Å². The first-order chi connectivity index (χ1) is 10.7. The molecule has 0 fully saturated rings. The van der Waals surface area contributed by atoms with E-state index in [1.807, 2.05) is 31.2 Å². The van der Waals surface area contributed by atoms with Crippen LogP contribution in [0.25, 0.3) is 10.6 Å². The number of rotatable bonds is 4. The van der Waals surface area contributed by atoms with Crippen LogP contribution >= 0.6 is 11.3 Å². The van der Waals surface area contributed by atoms with Crippen molar-refractivity contribution in [3.63, 3.8) is 0 Å². The first kappa shape index (κ1) is 14.3. The molecule has 0 unspecified atom stereocenters. The lowest BCUT2D eigenvalue weighted by atomic mass is 10.2. The maximum Gasteiger partial charge on any atom is 0.263 e. The Morgan fingerprint density at radius 2 is 2.00 bits per heavy atom. The van der Waals surface area contributed by atoms with Gasteiger partial charge in [0.25, 0.3) is 5.91 Å². The third-order valence-corrected chi connectivity index (χ3v) is 4.32. The Bertz CT molecular complexity index is 771. The molecule has 1 N–H and O–H groups in total. The van der Waals surface area contributed by atoms with Crippen LogP contribution in [0.3, 0.4) is 0 Å². The summed E-state index contributed by atoms with van der Waals surface area (Å²) in [5.74, 6) is -0.109. The molecule has 3 aromatic heterocycles. The van der Waals surface area contributed by atoms with E-state index in [1.54, 1.807) is 24.8 Å². The number of carbonyl (C=O) groups is 1. The van der Waals surface area contributed by atoms with Crippen molar-refractivity contribution in [2.24, 2.45) is 0 Å². The van der Waals surface area contributed by atoms with Gasteiger partial charge >= 0.3 is 0 Å². The first-order valence-corrected chi connectivity index (χ1v) is 7.60. The van der Waals surface area contributed by atoms with E-state index >= 15 is 0 Å². The van der Waals surface area contributed by atoms with Gasteiger partial charge in [-0.05, 0) is 36.8 Å². The van der Waals surface area contributed by atoms with E-state index in [2.05, 4.69) is 20.3 Å². The zero-order chi connectivity index (χ0) is 15.4. The molecule has 5 nitrogen and oxygen atoms in total. The lowest BCUT2D eigenvalue weighted by Crippen LogP contribution is -2.22. The third kappa shape index (κ3) is 3.17. The highest BCUT2D eigenvalue weighted by Gasteiger charge is 2.16. The smallest absolute Gasteiger partial charge is 0.263 e. The van der Waals surface area contributed by atoms with Crippen molar-refractivity contribution < 1.29 is 4.79 Å². The summed E-state index contributed by atoms with van der Waals surface area (Å²) in [7, 11) is 0. The van der Waals surface area contributed by atoms with Crippen molar-refractivity contribution in [1.82, 2.24) is 20.3 Å². The molecule has 0 saturated carbocycles. The fourth-order valence-corrected chi connectivity index (χ4v) is 2.96. The average Bonchev–Trinajstić information content (AvgIpc) is 2.96. The summed E-state index contributed by atoms with van der Waals surface area (Å²) in [5, 5.41) is 3.71. The molecule has 22 heavy (non-hydrogen) atoms. The number of nitrogens with one attached hydrogen (secondary N) is 1. The van der Waals surface area contributed by atoms with Crippen molar-refractivity contribution in [3.8, 4) is 10.6 Å². The van der Waals surface area contributed by atoms with Crippen LogP contribution in [-0.2, 0) is 6.54 Å². The maximum atomic E-state index is 12.3. The van der Waals surface area contributed by atoms with Crippen LogP contribution in [0.15, 0.2) is 49.1 Å². The van der Waals surface area contributed by atoms with Gasteiger partial charge in [0.05, 0.1) is 5.69 Å². The summed E-state index contributed by atoms with van der Waals surface area (Å²) in [5.41, 5.74) is 2.66. The minimum absolute atomic E-state index is 0.109. The molecule has 0 spiro atoms. The molecule has 0 saturated heterocycles. The molecule has 0 bridgehead atoms. The van der Waals surface area contributed by atoms with E-state index in [1.165, 1.54) is 11.3 Å². The van der Waals surface area contributed by atoms with Gasteiger partial charge in [-0.1, -0.05) is 0 Å². The van der Waals surface area contributed by atoms with Gasteiger partial charge in [0, 0.05) is 36.9 Å². The van der Waals surface area contributed by atoms with E-state index in [9.17, 15) is 4.79 Å². The minimum atomic E-state index is -0.109. The lowest BCUT2D eigenvalue weighted by molar-refractivity contribution is 0.0954. The highest BCUT2D eigenvalue weighted by Crippen LogP contribution is 2.27. The fraction of sp³-hybridized carbons (Fsp3) is 0.125. The van der Waals surface area contributed by atoms with Crippen LogP contribution in [0, 0.1) is 6.92 Å². The Labute approximate surface area is 132 Å². The molecule has 0 aliphatic carbocycles. The van der Waals surface area contributed by atoms with Crippen molar-refractivity contribution in [2.45, 2.75) is 13.5 Å². The van der Waals surface area contributed by atoms with Crippen molar-refractivity contribution in [1.29, 1.82) is 0 Å². The van der Waals surface area contributed by atoms with Gasteiger partial charge in [-0.15, -0.1) is 11.3 Å². The second-order valence-electron chi connectivity index (χ2n) is 4.71. The molecular weight excluding hydrogens is 296 g/mol. The molecule has 3 aromatic rings. The average molecular weight is 310 g/mol. The zero-order valence-electron chi connectivity index (χ0n) is 12.0. The third-order valence-electron chi connectivity index (χ3n) is 3.11. The van der Waals surface area contributed by atoms with Crippen LogP contribution < -0.4 is 5.32 Å². The van der Waals surface area contributed by atoms with Gasteiger partial charge in [-0.25, -0.2) is 4.98 Å². The number of carbonyl (C=O) groups excluding carboxylic acids is 1. The predicted octanol–water partition coefficient (Wildman–Crippen LogP) is 2.84. The number of thiazole rings is 1. The summed E-state index contributed by atoms with van der Waals surface area (Å²) in [6.45, 7) is 2.32. The summed E-state index contributed by atoms with van der Waals surface area (Å²) in [6.07, 6.45) is 6.88. The van der Waals surface area contributed by atoms with E-state index in [-0.39, 0.29) is 5.91 Å². The van der Waals surface area contributed by atoms with Gasteiger partial charge < -0.3 is 5.32 Å². The van der Waals surface area contributed by atoms with Gasteiger partial charge in [-0.3, -0.25) is 14.8 Å². The number of nitrogens with zero attached hydrogens (tertiary/aromatic N) is 3. The Hall–Kier alpha value is -2.60. The number of hydrogen-bond acceptors (Lipinski definition) is 5. The second kappa shape index (κ2) is 6.44. The van der Waals surface area contributed by atoms with Crippen molar-refractivity contribution in [3.05, 3.63) is 65.2 Å². The molecular formula is C16H14N4OS. The normalized spacial score (nSPS) is 10.4. The topological polar surface area (TPSA) is 67.8 Å². The largest absolute Gasteiger partial charge is 0.347 e. The molecule has 0 aromatic carbocycles. The molecule has 6 heteroatoms. The van der Waals surface area contributed by atoms with Crippen molar-refractivity contribution >= 4 is 17.2 Å². The van der Waals surface area contributed by atoms with E-state index in [0.29, 0.717) is 11.4 Å². The van der Waals surface area contributed by atoms with Gasteiger partial charge in [0.15, 0.2) is 0 Å². The molecule has 0 aliphatic heterocycles. The van der Waals surface area contributed by atoms with E-state index < -0.39 is 0 Å². The Morgan fingerprint density at radius 1 is 1.18 bits per heavy atom. The Morgan fingerprint density at radius 3 is 2.73 bits per heavy atom. The molecule has 3 rings (SSSR count). The molecule has 1 amide bonds. The van der Waals surface area contributed by atoms with Crippen LogP contribution in [0.2, 0.25) is 0 Å². The number of pyridine rings is 2. The molecule has 0 atom stereocenters. The van der Waals surface area contributed by atoms with E-state index in [0.717, 1.165) is 21.8 Å². The SMILES string of the molecule is Cc1nc(-c2cccnc2)sc1C(=O)NCc1ccncc1. The van der Waals surface area contributed by atoms with Crippen LogP contribution in [0.1, 0.15) is 20.9 Å². The lowest BCUT2D eigenvalue weighted by Gasteiger charge is -2.03. The quantitative estimate of drug-likeness (QED) is 0.804. The molecule has 0 radical (unpaired) electrons. The van der Waals surface area contributed by atoms with Gasteiger partial charge in [0.1, 0.15) is 9.88 Å². The van der Waals surface area contributed by atoms with Gasteiger partial charge in [-0.2, -0.15) is 0 Å².